The molecule has 1 rings (SSSR count). The fourth-order valence-electron chi connectivity index (χ4n) is 0.769. The molecule has 1 aromatic carbocycles. The predicted molar refractivity (Wildman–Crippen MR) is 58.2 cm³/mol. The fraction of sp³-hybridized carbons (Fsp3) is 0. The van der Waals surface area contributed by atoms with Crippen molar-refractivity contribution in [2.45, 2.75) is 4.90 Å². The number of rotatable bonds is 1. The Morgan fingerprint density at radius 2 is 2.00 bits per heavy atom. The molecule has 0 saturated carbocycles. The molecular formula is C6H4BrFINO2S. The number of hydrogen-bond acceptors (Lipinski definition) is 2. The second kappa shape index (κ2) is 3.79. The molecule has 72 valence electrons. The van der Waals surface area contributed by atoms with Gasteiger partial charge in [-0.2, -0.15) is 0 Å². The lowest BCUT2D eigenvalue weighted by Gasteiger charge is -2.04. The van der Waals surface area contributed by atoms with E-state index in [4.69, 9.17) is 5.14 Å². The van der Waals surface area contributed by atoms with Crippen molar-refractivity contribution in [1.82, 2.24) is 0 Å². The molecule has 2 N–H and O–H groups in total. The maximum atomic E-state index is 13.3. The second-order valence-corrected chi connectivity index (χ2v) is 5.73. The van der Waals surface area contributed by atoms with Crippen molar-refractivity contribution < 1.29 is 12.8 Å². The number of benzene rings is 1. The molecular weight excluding hydrogens is 376 g/mol. The van der Waals surface area contributed by atoms with Gasteiger partial charge in [-0.3, -0.25) is 0 Å². The van der Waals surface area contributed by atoms with Crippen LogP contribution in [0.4, 0.5) is 4.39 Å². The van der Waals surface area contributed by atoms with E-state index >= 15 is 0 Å². The molecule has 13 heavy (non-hydrogen) atoms. The van der Waals surface area contributed by atoms with E-state index in [1.807, 2.05) is 0 Å². The Labute approximate surface area is 96.8 Å². The van der Waals surface area contributed by atoms with Gasteiger partial charge in [-0.1, -0.05) is 0 Å². The first-order valence-electron chi connectivity index (χ1n) is 3.00. The summed E-state index contributed by atoms with van der Waals surface area (Å²) in [7, 11) is -4.01. The van der Waals surface area contributed by atoms with Gasteiger partial charge in [0.2, 0.25) is 10.0 Å². The largest absolute Gasteiger partial charge is 0.242 e. The number of sulfonamides is 1. The number of hydrogen-bond donors (Lipinski definition) is 1. The first-order valence-corrected chi connectivity index (χ1v) is 6.42. The molecule has 0 unspecified atom stereocenters. The highest BCUT2D eigenvalue weighted by Gasteiger charge is 2.20. The summed E-state index contributed by atoms with van der Waals surface area (Å²) in [5.41, 5.74) is 0. The minimum Gasteiger partial charge on any atom is -0.224 e. The highest BCUT2D eigenvalue weighted by Crippen LogP contribution is 2.26. The van der Waals surface area contributed by atoms with E-state index in [1.165, 1.54) is 12.1 Å². The van der Waals surface area contributed by atoms with E-state index < -0.39 is 20.7 Å². The van der Waals surface area contributed by atoms with Gasteiger partial charge in [-0.05, 0) is 50.7 Å². The highest BCUT2D eigenvalue weighted by molar-refractivity contribution is 14.1. The normalized spacial score (nSPS) is 11.7. The summed E-state index contributed by atoms with van der Waals surface area (Å²) in [6.07, 6.45) is 0. The summed E-state index contributed by atoms with van der Waals surface area (Å²) in [6, 6.07) is 2.89. The average molecular weight is 380 g/mol. The summed E-state index contributed by atoms with van der Waals surface area (Å²) in [5.74, 6) is -0.822. The first-order chi connectivity index (χ1) is 5.84. The molecule has 0 aromatic heterocycles. The molecule has 0 amide bonds. The monoisotopic (exact) mass is 379 g/mol. The van der Waals surface area contributed by atoms with E-state index in [-0.39, 0.29) is 8.04 Å². The van der Waals surface area contributed by atoms with Crippen molar-refractivity contribution in [2.24, 2.45) is 5.14 Å². The molecule has 0 atom stereocenters. The lowest BCUT2D eigenvalue weighted by Crippen LogP contribution is -2.15. The van der Waals surface area contributed by atoms with Crippen LogP contribution in [-0.4, -0.2) is 8.42 Å². The van der Waals surface area contributed by atoms with Crippen LogP contribution in [0.25, 0.3) is 0 Å². The van der Waals surface area contributed by atoms with Gasteiger partial charge in [0.1, 0.15) is 4.90 Å². The topological polar surface area (TPSA) is 60.2 Å². The Morgan fingerprint density at radius 3 is 2.38 bits per heavy atom. The van der Waals surface area contributed by atoms with Crippen molar-refractivity contribution in [2.75, 3.05) is 0 Å². The molecule has 0 spiro atoms. The maximum absolute atomic E-state index is 13.3. The van der Waals surface area contributed by atoms with Gasteiger partial charge in [-0.15, -0.1) is 0 Å². The van der Waals surface area contributed by atoms with E-state index in [2.05, 4.69) is 15.9 Å². The van der Waals surface area contributed by atoms with Gasteiger partial charge in [0.15, 0.2) is 5.82 Å². The quantitative estimate of drug-likeness (QED) is 0.597. The molecule has 3 nitrogen and oxygen atoms in total. The van der Waals surface area contributed by atoms with E-state index in [0.717, 1.165) is 0 Å². The molecule has 1 aromatic rings. The summed E-state index contributed by atoms with van der Waals surface area (Å²) < 4.78 is 35.5. The number of primary sulfonamides is 1. The Balaban J connectivity index is 3.62. The SMILES string of the molecule is NS(=O)(=O)c1c(Br)ccc(I)c1F. The zero-order valence-electron chi connectivity index (χ0n) is 6.09. The van der Waals surface area contributed by atoms with Gasteiger partial charge >= 0.3 is 0 Å². The molecule has 0 aliphatic heterocycles. The summed E-state index contributed by atoms with van der Waals surface area (Å²) in [6.45, 7) is 0. The summed E-state index contributed by atoms with van der Waals surface area (Å²) >= 11 is 4.61. The van der Waals surface area contributed by atoms with Gasteiger partial charge in [0.25, 0.3) is 0 Å². The molecule has 0 aliphatic rings. The minimum atomic E-state index is -4.01. The molecule has 0 bridgehead atoms. The Morgan fingerprint density at radius 1 is 1.46 bits per heavy atom. The van der Waals surface area contributed by atoms with Crippen LogP contribution in [0, 0.1) is 9.39 Å². The van der Waals surface area contributed by atoms with Crippen molar-refractivity contribution in [1.29, 1.82) is 0 Å². The van der Waals surface area contributed by atoms with Crippen molar-refractivity contribution >= 4 is 48.5 Å². The standard InChI is InChI=1S/C6H4BrFINO2S/c7-3-1-2-4(9)5(8)6(3)13(10,11)12/h1-2H,(H2,10,11,12). The predicted octanol–water partition coefficient (Wildman–Crippen LogP) is 1.84. The Kier molecular flexibility index (Phi) is 3.31. The highest BCUT2D eigenvalue weighted by atomic mass is 127. The van der Waals surface area contributed by atoms with E-state index in [1.54, 1.807) is 22.6 Å². The average Bonchev–Trinajstić information content (AvgIpc) is 1.95. The van der Waals surface area contributed by atoms with Crippen LogP contribution in [-0.2, 0) is 10.0 Å². The van der Waals surface area contributed by atoms with Crippen LogP contribution in [0.2, 0.25) is 0 Å². The lowest BCUT2D eigenvalue weighted by atomic mass is 10.3. The molecule has 0 radical (unpaired) electrons. The van der Waals surface area contributed by atoms with Crippen molar-refractivity contribution in [3.63, 3.8) is 0 Å². The molecule has 0 aliphatic carbocycles. The Bertz CT molecular complexity index is 448. The zero-order valence-corrected chi connectivity index (χ0v) is 10.7. The maximum Gasteiger partial charge on any atom is 0.242 e. The number of halogens is 3. The third kappa shape index (κ3) is 2.39. The van der Waals surface area contributed by atoms with Gasteiger partial charge in [0, 0.05) is 4.47 Å². The van der Waals surface area contributed by atoms with Crippen LogP contribution >= 0.6 is 38.5 Å². The van der Waals surface area contributed by atoms with Crippen LogP contribution < -0.4 is 5.14 Å². The molecule has 0 heterocycles. The van der Waals surface area contributed by atoms with Crippen molar-refractivity contribution in [3.8, 4) is 0 Å². The van der Waals surface area contributed by atoms with Gasteiger partial charge in [-0.25, -0.2) is 17.9 Å². The van der Waals surface area contributed by atoms with E-state index in [0.29, 0.717) is 0 Å². The van der Waals surface area contributed by atoms with Gasteiger partial charge < -0.3 is 0 Å². The number of nitrogens with two attached hydrogens (primary N) is 1. The van der Waals surface area contributed by atoms with Gasteiger partial charge in [0.05, 0.1) is 3.57 Å². The first kappa shape index (κ1) is 11.3. The smallest absolute Gasteiger partial charge is 0.224 e. The fourth-order valence-corrected chi connectivity index (χ4v) is 3.08. The zero-order chi connectivity index (χ0) is 10.2. The van der Waals surface area contributed by atoms with E-state index in [9.17, 15) is 12.8 Å². The molecule has 0 fully saturated rings. The molecule has 7 heteroatoms. The second-order valence-electron chi connectivity index (χ2n) is 2.22. The molecule has 0 saturated heterocycles. The lowest BCUT2D eigenvalue weighted by molar-refractivity contribution is 0.562. The van der Waals surface area contributed by atoms with Crippen LogP contribution in [0.3, 0.4) is 0 Å². The summed E-state index contributed by atoms with van der Waals surface area (Å²) in [4.78, 5) is -0.501. The third-order valence-electron chi connectivity index (χ3n) is 1.29. The van der Waals surface area contributed by atoms with Crippen molar-refractivity contribution in [3.05, 3.63) is 26.0 Å². The van der Waals surface area contributed by atoms with Crippen LogP contribution in [0.15, 0.2) is 21.5 Å². The third-order valence-corrected chi connectivity index (χ3v) is 4.01. The Hall–Kier alpha value is 0.270. The minimum absolute atomic E-state index is 0.132. The van der Waals surface area contributed by atoms with Crippen LogP contribution in [0.5, 0.6) is 0 Å². The summed E-state index contributed by atoms with van der Waals surface area (Å²) in [5, 5.41) is 4.83. The van der Waals surface area contributed by atoms with Crippen LogP contribution in [0.1, 0.15) is 0 Å².